The predicted molar refractivity (Wildman–Crippen MR) is 392 cm³/mol. The van der Waals surface area contributed by atoms with E-state index < -0.39 is 0 Å². The highest BCUT2D eigenvalue weighted by atomic mass is 19.1. The number of carbonyl (C=O) groups excluding carboxylic acids is 3. The fourth-order valence-electron chi connectivity index (χ4n) is 12.1. The molecule has 3 fully saturated rings. The van der Waals surface area contributed by atoms with Gasteiger partial charge in [-0.3, -0.25) is 19.4 Å². The number of rotatable bonds is 18. The number of amides is 3. The molecule has 558 valence electrons. The van der Waals surface area contributed by atoms with E-state index in [4.69, 9.17) is 9.47 Å². The van der Waals surface area contributed by atoms with Crippen molar-refractivity contribution in [2.24, 2.45) is 0 Å². The van der Waals surface area contributed by atoms with Crippen LogP contribution in [0.4, 0.5) is 49.7 Å². The standard InChI is InChI=1S/C26H26F2N8O.C26H25F2N7O3.C24H21F2N7O/c1-33(2)22-15-29-16-23(30-22)34-11-13-35(14-12-34)24(37)17-36-26(19-5-9-21(28)10-6-19)31-25(32-36)18-3-7-20(27)8-4-18;1-37-21-15-22(38-2)30-26(29-21)34-13-11-33(12-14-34)23(36)16-35-25(18-5-9-20(28)10-6-18)31-24(32-35)17-3-7-19(27)8-4-17;25-19-7-3-17(4-8-19)23-28-24(18-5-9-20(26)10-6-18)33(30-23)16-22(34)32-14-12-31(13-15-32)21-2-1-11-27-29-21/h3-10,15-16H,11-14,17H2,1-2H3;3-10,15H,11-14,16H2,1-2H3;1-11H,12-16H2. The van der Waals surface area contributed by atoms with Crippen molar-refractivity contribution in [2.75, 3.05) is 126 Å². The monoisotopic (exact) mass is 1490 g/mol. The fourth-order valence-corrected chi connectivity index (χ4v) is 12.1. The Morgan fingerprint density at radius 2 is 0.706 bits per heavy atom. The summed E-state index contributed by atoms with van der Waals surface area (Å²) in [7, 11) is 6.87. The third-order valence-electron chi connectivity index (χ3n) is 18.0. The molecule has 0 radical (unpaired) electrons. The molecule has 0 aliphatic carbocycles. The molecule has 109 heavy (non-hydrogen) atoms. The maximum Gasteiger partial charge on any atom is 0.244 e. The Bertz CT molecular complexity index is 5060. The van der Waals surface area contributed by atoms with Crippen LogP contribution in [0.5, 0.6) is 11.8 Å². The molecule has 3 saturated heterocycles. The number of methoxy groups -OCH3 is 2. The summed E-state index contributed by atoms with van der Waals surface area (Å²) in [4.78, 5) is 84.4. The zero-order chi connectivity index (χ0) is 76.1. The molecule has 3 aliphatic heterocycles. The van der Waals surface area contributed by atoms with Gasteiger partial charge in [0.05, 0.1) is 32.7 Å². The van der Waals surface area contributed by atoms with Crippen LogP contribution < -0.4 is 29.1 Å². The molecule has 12 aromatic rings. The molecule has 9 heterocycles. The van der Waals surface area contributed by atoms with Gasteiger partial charge in [-0.2, -0.15) is 15.1 Å². The van der Waals surface area contributed by atoms with Gasteiger partial charge in [-0.25, -0.2) is 60.3 Å². The second-order valence-corrected chi connectivity index (χ2v) is 25.4. The molecule has 6 aromatic carbocycles. The van der Waals surface area contributed by atoms with Crippen LogP contribution >= 0.6 is 0 Å². The van der Waals surface area contributed by atoms with Gasteiger partial charge in [0.1, 0.15) is 66.2 Å². The molecule has 33 heteroatoms. The number of carbonyl (C=O) groups is 3. The largest absolute Gasteiger partial charge is 0.481 e. The minimum atomic E-state index is -0.384. The van der Waals surface area contributed by atoms with Crippen molar-refractivity contribution in [3.05, 3.63) is 217 Å². The van der Waals surface area contributed by atoms with E-state index in [-0.39, 0.29) is 72.3 Å². The van der Waals surface area contributed by atoms with Gasteiger partial charge in [-0.1, -0.05) is 0 Å². The van der Waals surface area contributed by atoms with E-state index in [2.05, 4.69) is 70.2 Å². The maximum absolute atomic E-state index is 13.5. The molecular formula is C76H72F6N22O5. The van der Waals surface area contributed by atoms with Crippen LogP contribution in [0.3, 0.4) is 0 Å². The van der Waals surface area contributed by atoms with E-state index in [0.717, 1.165) is 17.5 Å². The van der Waals surface area contributed by atoms with Gasteiger partial charge in [0.2, 0.25) is 35.4 Å². The Kier molecular flexibility index (Phi) is 23.0. The number of halogens is 6. The summed E-state index contributed by atoms with van der Waals surface area (Å²) in [6, 6.07) is 40.3. The van der Waals surface area contributed by atoms with Gasteiger partial charge >= 0.3 is 0 Å². The van der Waals surface area contributed by atoms with E-state index in [1.54, 1.807) is 112 Å². The zero-order valence-electron chi connectivity index (χ0n) is 59.6. The minimum absolute atomic E-state index is 0.0218. The maximum atomic E-state index is 13.5. The summed E-state index contributed by atoms with van der Waals surface area (Å²) < 4.78 is 95.7. The van der Waals surface area contributed by atoms with Gasteiger partial charge in [0.25, 0.3) is 0 Å². The summed E-state index contributed by atoms with van der Waals surface area (Å²) in [6.07, 6.45) is 5.06. The SMILES string of the molecule is CN(C)c1cncc(N2CCN(C(=O)Cn3nc(-c4ccc(F)cc4)nc3-c3ccc(F)cc3)CC2)n1.COc1cc(OC)nc(N2CCN(C(=O)Cn3nc(-c4ccc(F)cc4)nc3-c3ccc(F)cc3)CC2)n1.O=C(Cn1nc(-c2ccc(F)cc2)nc1-c1ccc(F)cc1)N1CCN(c2cccnn2)CC1. The van der Waals surface area contributed by atoms with E-state index in [1.807, 2.05) is 36.0 Å². The Balaban J connectivity index is 0.000000144. The average Bonchev–Trinajstić information content (AvgIpc) is 1.69. The lowest BCUT2D eigenvalue weighted by molar-refractivity contribution is -0.133. The summed E-state index contributed by atoms with van der Waals surface area (Å²) >= 11 is 0. The van der Waals surface area contributed by atoms with Crippen molar-refractivity contribution in [2.45, 2.75) is 19.6 Å². The van der Waals surface area contributed by atoms with Crippen LogP contribution in [0.25, 0.3) is 68.3 Å². The molecule has 0 spiro atoms. The van der Waals surface area contributed by atoms with E-state index >= 15 is 0 Å². The van der Waals surface area contributed by atoms with E-state index in [1.165, 1.54) is 101 Å². The smallest absolute Gasteiger partial charge is 0.244 e. The van der Waals surface area contributed by atoms with E-state index in [0.29, 0.717) is 165 Å². The van der Waals surface area contributed by atoms with Crippen LogP contribution in [-0.2, 0) is 34.0 Å². The molecule has 3 aliphatic rings. The van der Waals surface area contributed by atoms with Crippen molar-refractivity contribution in [1.29, 1.82) is 0 Å². The van der Waals surface area contributed by atoms with Gasteiger partial charge in [0, 0.05) is 132 Å². The first-order valence-electron chi connectivity index (χ1n) is 34.6. The normalized spacial score (nSPS) is 13.6. The number of ether oxygens (including phenoxy) is 2. The van der Waals surface area contributed by atoms with Crippen LogP contribution in [0, 0.1) is 34.9 Å². The molecule has 6 aromatic heterocycles. The number of anilines is 4. The molecular weight excluding hydrogens is 1410 g/mol. The highest BCUT2D eigenvalue weighted by Crippen LogP contribution is 2.29. The van der Waals surface area contributed by atoms with Gasteiger partial charge < -0.3 is 43.8 Å². The van der Waals surface area contributed by atoms with Crippen molar-refractivity contribution >= 4 is 41.1 Å². The van der Waals surface area contributed by atoms with Crippen LogP contribution in [0.1, 0.15) is 0 Å². The van der Waals surface area contributed by atoms with E-state index in [9.17, 15) is 40.7 Å². The quantitative estimate of drug-likeness (QED) is 0.0725. The van der Waals surface area contributed by atoms with Crippen LogP contribution in [0.15, 0.2) is 182 Å². The Labute approximate surface area is 621 Å². The summed E-state index contributed by atoms with van der Waals surface area (Å²) in [5.41, 5.74) is 3.69. The summed E-state index contributed by atoms with van der Waals surface area (Å²) in [5, 5.41) is 21.6. The fraction of sp³-hybridized carbons (Fsp3) is 0.250. The molecule has 0 unspecified atom stereocenters. The second-order valence-electron chi connectivity index (χ2n) is 25.4. The number of piperazine rings is 3. The molecule has 15 rings (SSSR count). The number of aromatic nitrogens is 15. The summed E-state index contributed by atoms with van der Waals surface area (Å²) in [5.74, 6) is 3.33. The van der Waals surface area contributed by atoms with Crippen molar-refractivity contribution < 1.29 is 50.2 Å². The average molecular weight is 1490 g/mol. The van der Waals surface area contributed by atoms with Gasteiger partial charge in [-0.05, 0) is 158 Å². The Hall–Kier alpha value is -13.2. The second kappa shape index (κ2) is 33.9. The first-order chi connectivity index (χ1) is 52.9. The third-order valence-corrected chi connectivity index (χ3v) is 18.0. The first-order valence-corrected chi connectivity index (χ1v) is 34.6. The topological polar surface area (TPSA) is 262 Å². The molecule has 0 bridgehead atoms. The van der Waals surface area contributed by atoms with Crippen LogP contribution in [0.2, 0.25) is 0 Å². The Morgan fingerprint density at radius 3 is 1.02 bits per heavy atom. The molecule has 27 nitrogen and oxygen atoms in total. The molecule has 0 atom stereocenters. The number of hydrogen-bond donors (Lipinski definition) is 0. The van der Waals surface area contributed by atoms with Crippen molar-refractivity contribution in [1.82, 2.24) is 89.1 Å². The third kappa shape index (κ3) is 18.4. The lowest BCUT2D eigenvalue weighted by Crippen LogP contribution is -2.50. The lowest BCUT2D eigenvalue weighted by Gasteiger charge is -2.35. The van der Waals surface area contributed by atoms with Crippen LogP contribution in [-0.4, -0.2) is 214 Å². The van der Waals surface area contributed by atoms with Crippen molar-refractivity contribution in [3.8, 4) is 80.1 Å². The first kappa shape index (κ1) is 74.1. The molecule has 0 saturated carbocycles. The summed E-state index contributed by atoms with van der Waals surface area (Å²) in [6.45, 7) is 6.50. The zero-order valence-corrected chi connectivity index (χ0v) is 59.6. The minimum Gasteiger partial charge on any atom is -0.481 e. The number of hydrogen-bond acceptors (Lipinski definition) is 21. The molecule has 3 amide bonds. The Morgan fingerprint density at radius 1 is 0.385 bits per heavy atom. The van der Waals surface area contributed by atoms with Crippen molar-refractivity contribution in [3.63, 3.8) is 0 Å². The number of benzene rings is 6. The lowest BCUT2D eigenvalue weighted by atomic mass is 10.2. The van der Waals surface area contributed by atoms with Gasteiger partial charge in [-0.15, -0.1) is 20.4 Å². The van der Waals surface area contributed by atoms with Gasteiger partial charge in [0.15, 0.2) is 40.8 Å². The highest BCUT2D eigenvalue weighted by Gasteiger charge is 2.29. The predicted octanol–water partition coefficient (Wildman–Crippen LogP) is 9.17. The highest BCUT2D eigenvalue weighted by molar-refractivity contribution is 5.79. The molecule has 0 N–H and O–H groups in total. The number of nitrogens with zero attached hydrogens (tertiary/aromatic N) is 22.